The van der Waals surface area contributed by atoms with Gasteiger partial charge < -0.3 is 15.1 Å². The van der Waals surface area contributed by atoms with Gasteiger partial charge in [-0.2, -0.15) is 10.1 Å². The Morgan fingerprint density at radius 1 is 1.10 bits per heavy atom. The first-order valence-corrected chi connectivity index (χ1v) is 10.4. The van der Waals surface area contributed by atoms with E-state index < -0.39 is 0 Å². The number of anilines is 3. The van der Waals surface area contributed by atoms with Crippen molar-refractivity contribution in [2.75, 3.05) is 28.2 Å². The monoisotopic (exact) mass is 423 g/mol. The highest BCUT2D eigenvalue weighted by atomic mass is 19.1. The number of nitrogens with one attached hydrogen (secondary N) is 1. The van der Waals surface area contributed by atoms with Crippen LogP contribution < -0.4 is 15.1 Å². The fraction of sp³-hybridized carbons (Fsp3) is 0.364. The smallest absolute Gasteiger partial charge is 0.249 e. The molecule has 162 valence electrons. The van der Waals surface area contributed by atoms with Crippen LogP contribution in [-0.4, -0.2) is 44.8 Å². The molecule has 0 radical (unpaired) electrons. The van der Waals surface area contributed by atoms with Crippen LogP contribution in [0.2, 0.25) is 0 Å². The molecule has 1 aliphatic rings. The standard InChI is InChI=1S/C22H26FN7O/c1-4-29-15(3)21(31)30(5-2)19-12-25-22(27-20(19)29)24-10-17-11-26-28(14-17)13-16-6-8-18(23)9-7-16/h6-9,11-12,14-15H,4-5,10,13H2,1-3H3,(H,24,25,27). The van der Waals surface area contributed by atoms with E-state index in [0.717, 1.165) is 22.6 Å². The molecule has 0 fully saturated rings. The zero-order valence-electron chi connectivity index (χ0n) is 17.9. The summed E-state index contributed by atoms with van der Waals surface area (Å²) in [6.45, 7) is 8.22. The van der Waals surface area contributed by atoms with E-state index in [9.17, 15) is 9.18 Å². The van der Waals surface area contributed by atoms with Crippen molar-refractivity contribution in [1.82, 2.24) is 19.7 Å². The van der Waals surface area contributed by atoms with E-state index in [4.69, 9.17) is 4.98 Å². The molecule has 0 saturated heterocycles. The second kappa shape index (κ2) is 8.71. The molecular formula is C22H26FN7O. The van der Waals surface area contributed by atoms with Crippen LogP contribution in [0, 0.1) is 5.82 Å². The van der Waals surface area contributed by atoms with Crippen LogP contribution in [0.25, 0.3) is 0 Å². The highest BCUT2D eigenvalue weighted by molar-refractivity contribution is 6.04. The van der Waals surface area contributed by atoms with Crippen LogP contribution >= 0.6 is 0 Å². The first-order valence-electron chi connectivity index (χ1n) is 10.4. The molecule has 0 saturated carbocycles. The maximum absolute atomic E-state index is 13.1. The highest BCUT2D eigenvalue weighted by Gasteiger charge is 2.35. The normalized spacial score (nSPS) is 15.9. The number of carbonyl (C=O) groups is 1. The van der Waals surface area contributed by atoms with Gasteiger partial charge in [0.05, 0.1) is 18.9 Å². The second-order valence-electron chi connectivity index (χ2n) is 7.47. The lowest BCUT2D eigenvalue weighted by Crippen LogP contribution is -2.52. The quantitative estimate of drug-likeness (QED) is 0.629. The van der Waals surface area contributed by atoms with Gasteiger partial charge in [0.15, 0.2) is 5.82 Å². The minimum atomic E-state index is -0.259. The maximum atomic E-state index is 13.1. The lowest BCUT2D eigenvalue weighted by molar-refractivity contribution is -0.119. The Morgan fingerprint density at radius 3 is 2.58 bits per heavy atom. The fourth-order valence-electron chi connectivity index (χ4n) is 3.81. The van der Waals surface area contributed by atoms with E-state index in [1.165, 1.54) is 12.1 Å². The van der Waals surface area contributed by atoms with Crippen molar-refractivity contribution in [3.8, 4) is 0 Å². The van der Waals surface area contributed by atoms with Gasteiger partial charge in [0.2, 0.25) is 11.9 Å². The summed E-state index contributed by atoms with van der Waals surface area (Å²) in [4.78, 5) is 25.5. The summed E-state index contributed by atoms with van der Waals surface area (Å²) >= 11 is 0. The molecule has 9 heteroatoms. The predicted molar refractivity (Wildman–Crippen MR) is 118 cm³/mol. The van der Waals surface area contributed by atoms with Crippen LogP contribution in [0.15, 0.2) is 42.9 Å². The molecule has 0 bridgehead atoms. The SMILES string of the molecule is CCN1C(=O)C(C)N(CC)c2nc(NCc3cnn(Cc4ccc(F)cc4)c3)ncc21. The van der Waals surface area contributed by atoms with Crippen LogP contribution in [0.4, 0.5) is 21.8 Å². The Balaban J connectivity index is 1.46. The Bertz CT molecular complexity index is 1070. The molecule has 0 aliphatic carbocycles. The number of benzene rings is 1. The third kappa shape index (κ3) is 4.21. The third-order valence-corrected chi connectivity index (χ3v) is 5.46. The van der Waals surface area contributed by atoms with E-state index in [1.54, 1.807) is 29.4 Å². The van der Waals surface area contributed by atoms with Gasteiger partial charge in [-0.15, -0.1) is 0 Å². The third-order valence-electron chi connectivity index (χ3n) is 5.46. The first kappa shape index (κ1) is 20.8. The minimum absolute atomic E-state index is 0.0646. The summed E-state index contributed by atoms with van der Waals surface area (Å²) in [5.74, 6) is 1.08. The highest BCUT2D eigenvalue weighted by Crippen LogP contribution is 2.34. The number of halogens is 1. The molecule has 1 unspecified atom stereocenters. The van der Waals surface area contributed by atoms with E-state index >= 15 is 0 Å². The van der Waals surface area contributed by atoms with E-state index in [1.807, 2.05) is 36.5 Å². The molecular weight excluding hydrogens is 397 g/mol. The van der Waals surface area contributed by atoms with Crippen LogP contribution in [-0.2, 0) is 17.9 Å². The molecule has 3 heterocycles. The van der Waals surface area contributed by atoms with E-state index in [-0.39, 0.29) is 17.8 Å². The Hall–Kier alpha value is -3.49. The minimum Gasteiger partial charge on any atom is -0.350 e. The number of likely N-dealkylation sites (N-methyl/N-ethyl adjacent to an activating group) is 2. The van der Waals surface area contributed by atoms with Crippen molar-refractivity contribution >= 4 is 23.4 Å². The van der Waals surface area contributed by atoms with Crippen molar-refractivity contribution in [3.63, 3.8) is 0 Å². The van der Waals surface area contributed by atoms with Gasteiger partial charge >= 0.3 is 0 Å². The van der Waals surface area contributed by atoms with E-state index in [0.29, 0.717) is 32.1 Å². The molecule has 0 spiro atoms. The summed E-state index contributed by atoms with van der Waals surface area (Å²) < 4.78 is 14.9. The van der Waals surface area contributed by atoms with Crippen molar-refractivity contribution in [2.24, 2.45) is 0 Å². The second-order valence-corrected chi connectivity index (χ2v) is 7.47. The summed E-state index contributed by atoms with van der Waals surface area (Å²) in [5.41, 5.74) is 2.70. The average molecular weight is 423 g/mol. The number of aromatic nitrogens is 4. The van der Waals surface area contributed by atoms with Crippen LogP contribution in [0.1, 0.15) is 31.9 Å². The first-order chi connectivity index (χ1) is 15.0. The summed E-state index contributed by atoms with van der Waals surface area (Å²) in [7, 11) is 0. The van der Waals surface area contributed by atoms with Gasteiger partial charge in [-0.1, -0.05) is 12.1 Å². The summed E-state index contributed by atoms with van der Waals surface area (Å²) in [5, 5.41) is 7.61. The van der Waals surface area contributed by atoms with Gasteiger partial charge in [-0.05, 0) is 38.5 Å². The maximum Gasteiger partial charge on any atom is 0.249 e. The van der Waals surface area contributed by atoms with E-state index in [2.05, 4.69) is 15.4 Å². The van der Waals surface area contributed by atoms with Gasteiger partial charge in [-0.25, -0.2) is 9.37 Å². The number of hydrogen-bond acceptors (Lipinski definition) is 6. The molecule has 1 aromatic carbocycles. The predicted octanol–water partition coefficient (Wildman–Crippen LogP) is 3.05. The molecule has 1 N–H and O–H groups in total. The number of hydrogen-bond donors (Lipinski definition) is 1. The van der Waals surface area contributed by atoms with Gasteiger partial charge in [0, 0.05) is 31.4 Å². The molecule has 8 nitrogen and oxygen atoms in total. The Morgan fingerprint density at radius 2 is 1.87 bits per heavy atom. The van der Waals surface area contributed by atoms with Crippen molar-refractivity contribution < 1.29 is 9.18 Å². The van der Waals surface area contributed by atoms with Crippen LogP contribution in [0.5, 0.6) is 0 Å². The number of fused-ring (bicyclic) bond motifs is 1. The average Bonchev–Trinajstić information content (AvgIpc) is 3.22. The van der Waals surface area contributed by atoms with Crippen LogP contribution in [0.3, 0.4) is 0 Å². The number of nitrogens with zero attached hydrogens (tertiary/aromatic N) is 6. The Kier molecular flexibility index (Phi) is 5.83. The molecule has 4 rings (SSSR count). The van der Waals surface area contributed by atoms with Crippen molar-refractivity contribution in [3.05, 3.63) is 59.8 Å². The summed E-state index contributed by atoms with van der Waals surface area (Å²) in [6, 6.07) is 6.14. The molecule has 3 aromatic rings. The van der Waals surface area contributed by atoms with Gasteiger partial charge in [-0.3, -0.25) is 9.48 Å². The molecule has 31 heavy (non-hydrogen) atoms. The molecule has 1 atom stereocenters. The zero-order valence-corrected chi connectivity index (χ0v) is 17.9. The molecule has 2 aromatic heterocycles. The topological polar surface area (TPSA) is 79.2 Å². The van der Waals surface area contributed by atoms with Crippen molar-refractivity contribution in [1.29, 1.82) is 0 Å². The largest absolute Gasteiger partial charge is 0.350 e. The molecule has 1 aliphatic heterocycles. The summed E-state index contributed by atoms with van der Waals surface area (Å²) in [6.07, 6.45) is 5.43. The van der Waals surface area contributed by atoms with Gasteiger partial charge in [0.1, 0.15) is 17.5 Å². The lowest BCUT2D eigenvalue weighted by atomic mass is 10.1. The molecule has 1 amide bonds. The zero-order chi connectivity index (χ0) is 22.0. The number of rotatable bonds is 7. The fourth-order valence-corrected chi connectivity index (χ4v) is 3.81. The Labute approximate surface area is 180 Å². The van der Waals surface area contributed by atoms with Crippen molar-refractivity contribution in [2.45, 2.75) is 39.9 Å². The lowest BCUT2D eigenvalue weighted by Gasteiger charge is -2.39. The number of carbonyl (C=O) groups excluding carboxylic acids is 1. The van der Waals surface area contributed by atoms with Gasteiger partial charge in [0.25, 0.3) is 0 Å². The number of amides is 1.